The van der Waals surface area contributed by atoms with Crippen LogP contribution in [-0.2, 0) is 9.59 Å². The van der Waals surface area contributed by atoms with E-state index in [0.29, 0.717) is 25.3 Å². The quantitative estimate of drug-likeness (QED) is 0.581. The molecular weight excluding hydrogens is 388 g/mol. The summed E-state index contributed by atoms with van der Waals surface area (Å²) < 4.78 is 5.15. The number of furan rings is 1. The predicted molar refractivity (Wildman–Crippen MR) is 118 cm³/mol. The van der Waals surface area contributed by atoms with Crippen molar-refractivity contribution in [2.24, 2.45) is 0 Å². The van der Waals surface area contributed by atoms with Crippen LogP contribution in [0.3, 0.4) is 0 Å². The molecule has 0 bridgehead atoms. The summed E-state index contributed by atoms with van der Waals surface area (Å²) in [6, 6.07) is 11.3. The molecular formula is C21H24N4O3S. The summed E-state index contributed by atoms with van der Waals surface area (Å²) >= 11 is 5.28. The van der Waals surface area contributed by atoms with Crippen LogP contribution in [0.5, 0.6) is 0 Å². The van der Waals surface area contributed by atoms with Gasteiger partial charge in [0.15, 0.2) is 5.11 Å². The summed E-state index contributed by atoms with van der Waals surface area (Å²) in [5.41, 5.74) is 1.79. The van der Waals surface area contributed by atoms with Crippen molar-refractivity contribution in [2.75, 3.05) is 36.4 Å². The van der Waals surface area contributed by atoms with Crippen molar-refractivity contribution in [3.05, 3.63) is 54.5 Å². The monoisotopic (exact) mass is 412 g/mol. The lowest BCUT2D eigenvalue weighted by Gasteiger charge is -2.37. The number of rotatable bonds is 5. The maximum atomic E-state index is 12.0. The SMILES string of the molecule is CCC(=O)N1CCN(c2ccccc2NC(=S)NC(=O)/C=C/c2ccco2)CC1. The number of benzene rings is 1. The second kappa shape index (κ2) is 9.88. The number of nitrogens with zero attached hydrogens (tertiary/aromatic N) is 2. The van der Waals surface area contributed by atoms with Crippen LogP contribution < -0.4 is 15.5 Å². The Morgan fingerprint density at radius 1 is 1.14 bits per heavy atom. The first-order chi connectivity index (χ1) is 14.1. The minimum absolute atomic E-state index is 0.183. The van der Waals surface area contributed by atoms with E-state index in [1.54, 1.807) is 24.5 Å². The van der Waals surface area contributed by atoms with E-state index in [2.05, 4.69) is 15.5 Å². The molecule has 0 radical (unpaired) electrons. The Kier molecular flexibility index (Phi) is 7.02. The summed E-state index contributed by atoms with van der Waals surface area (Å²) in [7, 11) is 0. The molecule has 29 heavy (non-hydrogen) atoms. The van der Waals surface area contributed by atoms with Crippen molar-refractivity contribution >= 4 is 46.6 Å². The van der Waals surface area contributed by atoms with E-state index < -0.39 is 0 Å². The van der Waals surface area contributed by atoms with Crippen LogP contribution >= 0.6 is 12.2 Å². The zero-order valence-corrected chi connectivity index (χ0v) is 17.1. The van der Waals surface area contributed by atoms with Crippen molar-refractivity contribution in [1.82, 2.24) is 10.2 Å². The van der Waals surface area contributed by atoms with Gasteiger partial charge in [0.25, 0.3) is 0 Å². The summed E-state index contributed by atoms with van der Waals surface area (Å²) in [5, 5.41) is 5.94. The van der Waals surface area contributed by atoms with Gasteiger partial charge in [-0.05, 0) is 42.6 Å². The van der Waals surface area contributed by atoms with Crippen LogP contribution in [0.4, 0.5) is 11.4 Å². The fourth-order valence-electron chi connectivity index (χ4n) is 3.13. The lowest BCUT2D eigenvalue weighted by molar-refractivity contribution is -0.131. The number of thiocarbonyl (C=S) groups is 1. The molecule has 0 unspecified atom stereocenters. The first kappa shape index (κ1) is 20.6. The van der Waals surface area contributed by atoms with Gasteiger partial charge in [-0.3, -0.25) is 14.9 Å². The Balaban J connectivity index is 1.58. The van der Waals surface area contributed by atoms with Crippen molar-refractivity contribution in [3.63, 3.8) is 0 Å². The van der Waals surface area contributed by atoms with Gasteiger partial charge >= 0.3 is 0 Å². The normalized spacial score (nSPS) is 14.1. The Labute approximate surface area is 175 Å². The van der Waals surface area contributed by atoms with Crippen LogP contribution in [0.1, 0.15) is 19.1 Å². The highest BCUT2D eigenvalue weighted by molar-refractivity contribution is 7.80. The molecule has 1 aromatic carbocycles. The van der Waals surface area contributed by atoms with Gasteiger partial charge in [-0.2, -0.15) is 0 Å². The molecule has 2 aromatic rings. The van der Waals surface area contributed by atoms with Gasteiger partial charge in [0.05, 0.1) is 17.6 Å². The van der Waals surface area contributed by atoms with Crippen molar-refractivity contribution in [3.8, 4) is 0 Å². The van der Waals surface area contributed by atoms with E-state index in [-0.39, 0.29) is 16.9 Å². The zero-order valence-electron chi connectivity index (χ0n) is 16.3. The number of para-hydroxylation sites is 2. The third-order valence-electron chi connectivity index (χ3n) is 4.61. The fourth-order valence-corrected chi connectivity index (χ4v) is 3.34. The maximum Gasteiger partial charge on any atom is 0.250 e. The summed E-state index contributed by atoms with van der Waals surface area (Å²) in [6.45, 7) is 4.76. The highest BCUT2D eigenvalue weighted by Crippen LogP contribution is 2.26. The molecule has 2 N–H and O–H groups in total. The van der Waals surface area contributed by atoms with Gasteiger partial charge in [-0.1, -0.05) is 19.1 Å². The van der Waals surface area contributed by atoms with E-state index in [9.17, 15) is 9.59 Å². The molecule has 1 aliphatic heterocycles. The summed E-state index contributed by atoms with van der Waals surface area (Å²) in [6.07, 6.45) is 5.00. The lowest BCUT2D eigenvalue weighted by Crippen LogP contribution is -2.48. The van der Waals surface area contributed by atoms with Crippen LogP contribution in [0, 0.1) is 0 Å². The van der Waals surface area contributed by atoms with Gasteiger partial charge in [-0.15, -0.1) is 0 Å². The van der Waals surface area contributed by atoms with Gasteiger partial charge in [0, 0.05) is 38.7 Å². The maximum absolute atomic E-state index is 12.0. The molecule has 3 rings (SSSR count). The summed E-state index contributed by atoms with van der Waals surface area (Å²) in [4.78, 5) is 28.0. The highest BCUT2D eigenvalue weighted by atomic mass is 32.1. The topological polar surface area (TPSA) is 77.8 Å². The Morgan fingerprint density at radius 3 is 2.59 bits per heavy atom. The zero-order chi connectivity index (χ0) is 20.6. The number of hydrogen-bond donors (Lipinski definition) is 2. The number of anilines is 2. The molecule has 2 heterocycles. The van der Waals surface area contributed by atoms with Crippen molar-refractivity contribution < 1.29 is 14.0 Å². The molecule has 8 heteroatoms. The summed E-state index contributed by atoms with van der Waals surface area (Å²) in [5.74, 6) is 0.427. The molecule has 0 saturated carbocycles. The van der Waals surface area contributed by atoms with E-state index in [0.717, 1.165) is 24.5 Å². The van der Waals surface area contributed by atoms with Crippen LogP contribution in [0.2, 0.25) is 0 Å². The lowest BCUT2D eigenvalue weighted by atomic mass is 10.2. The molecule has 2 amide bonds. The molecule has 0 aliphatic carbocycles. The smallest absolute Gasteiger partial charge is 0.250 e. The Bertz CT molecular complexity index is 887. The number of hydrogen-bond acceptors (Lipinski definition) is 5. The third kappa shape index (κ3) is 5.68. The van der Waals surface area contributed by atoms with Gasteiger partial charge in [0.2, 0.25) is 11.8 Å². The molecule has 1 aromatic heterocycles. The minimum Gasteiger partial charge on any atom is -0.465 e. The van der Waals surface area contributed by atoms with Gasteiger partial charge < -0.3 is 19.5 Å². The third-order valence-corrected chi connectivity index (χ3v) is 4.81. The number of amides is 2. The number of carbonyl (C=O) groups is 2. The van der Waals surface area contributed by atoms with Gasteiger partial charge in [0.1, 0.15) is 5.76 Å². The van der Waals surface area contributed by atoms with E-state index in [4.69, 9.17) is 16.6 Å². The fraction of sp³-hybridized carbons (Fsp3) is 0.286. The van der Waals surface area contributed by atoms with E-state index in [1.165, 1.54) is 6.08 Å². The standard InChI is InChI=1S/C21H24N4O3S/c1-2-20(27)25-13-11-24(12-14-25)18-8-4-3-7-17(18)22-21(29)23-19(26)10-9-16-6-5-15-28-16/h3-10,15H,2,11-14H2,1H3,(H2,22,23,26,29)/b10-9+. The second-order valence-corrected chi connectivity index (χ2v) is 6.94. The Hall–Kier alpha value is -3.13. The molecule has 0 atom stereocenters. The average Bonchev–Trinajstić information content (AvgIpc) is 3.26. The largest absolute Gasteiger partial charge is 0.465 e. The number of nitrogens with one attached hydrogen (secondary N) is 2. The molecule has 1 aliphatic rings. The van der Waals surface area contributed by atoms with E-state index in [1.807, 2.05) is 36.1 Å². The molecule has 1 fully saturated rings. The Morgan fingerprint density at radius 2 is 1.90 bits per heavy atom. The van der Waals surface area contributed by atoms with Crippen LogP contribution in [0.25, 0.3) is 6.08 Å². The van der Waals surface area contributed by atoms with Crippen LogP contribution in [0.15, 0.2) is 53.2 Å². The first-order valence-corrected chi connectivity index (χ1v) is 9.93. The average molecular weight is 413 g/mol. The van der Waals surface area contributed by atoms with Crippen molar-refractivity contribution in [2.45, 2.75) is 13.3 Å². The van der Waals surface area contributed by atoms with E-state index >= 15 is 0 Å². The first-order valence-electron chi connectivity index (χ1n) is 9.52. The number of carbonyl (C=O) groups excluding carboxylic acids is 2. The molecule has 152 valence electrons. The molecule has 0 spiro atoms. The highest BCUT2D eigenvalue weighted by Gasteiger charge is 2.21. The predicted octanol–water partition coefficient (Wildman–Crippen LogP) is 2.86. The molecule has 1 saturated heterocycles. The second-order valence-electron chi connectivity index (χ2n) is 6.53. The van der Waals surface area contributed by atoms with Gasteiger partial charge in [-0.25, -0.2) is 0 Å². The van der Waals surface area contributed by atoms with Crippen LogP contribution in [-0.4, -0.2) is 48.0 Å². The minimum atomic E-state index is -0.344. The molecule has 7 nitrogen and oxygen atoms in total. The van der Waals surface area contributed by atoms with Crippen molar-refractivity contribution in [1.29, 1.82) is 0 Å². The number of piperazine rings is 1.